The van der Waals surface area contributed by atoms with Gasteiger partial charge in [0.2, 0.25) is 0 Å². The maximum atomic E-state index is 13.1. The maximum absolute atomic E-state index is 13.1. The average Bonchev–Trinajstić information content (AvgIpc) is 2.75. The summed E-state index contributed by atoms with van der Waals surface area (Å²) in [4.78, 5) is 0. The van der Waals surface area contributed by atoms with E-state index < -0.39 is 0 Å². The monoisotopic (exact) mass is 277 g/mol. The SMILES string of the molecule is NC1(c2ccc(I)c(F)c2)CC1. The van der Waals surface area contributed by atoms with Crippen LogP contribution in [0, 0.1) is 9.39 Å². The van der Waals surface area contributed by atoms with Crippen LogP contribution in [0.25, 0.3) is 0 Å². The van der Waals surface area contributed by atoms with E-state index in [4.69, 9.17) is 5.73 Å². The quantitative estimate of drug-likeness (QED) is 0.784. The number of nitrogens with two attached hydrogens (primary N) is 1. The van der Waals surface area contributed by atoms with Crippen molar-refractivity contribution in [3.05, 3.63) is 33.1 Å². The van der Waals surface area contributed by atoms with Gasteiger partial charge in [-0.2, -0.15) is 0 Å². The number of hydrogen-bond donors (Lipinski definition) is 1. The second-order valence-corrected chi connectivity index (χ2v) is 4.45. The molecule has 1 aromatic rings. The lowest BCUT2D eigenvalue weighted by molar-refractivity contribution is 0.611. The Morgan fingerprint density at radius 3 is 2.58 bits per heavy atom. The first-order chi connectivity index (χ1) is 5.62. The first-order valence-electron chi connectivity index (χ1n) is 3.86. The summed E-state index contributed by atoms with van der Waals surface area (Å²) in [6.07, 6.45) is 1.96. The molecule has 1 nitrogen and oxygen atoms in total. The van der Waals surface area contributed by atoms with Crippen molar-refractivity contribution in [3.8, 4) is 0 Å². The highest BCUT2D eigenvalue weighted by molar-refractivity contribution is 14.1. The Bertz CT molecular complexity index is 320. The van der Waals surface area contributed by atoms with Gasteiger partial charge in [-0.25, -0.2) is 4.39 Å². The largest absolute Gasteiger partial charge is 0.321 e. The van der Waals surface area contributed by atoms with E-state index in [1.165, 1.54) is 0 Å². The summed E-state index contributed by atoms with van der Waals surface area (Å²) in [5, 5.41) is 0. The standard InChI is InChI=1S/C9H9FIN/c10-7-5-6(1-2-8(7)11)9(12)3-4-9/h1-2,5H,3-4,12H2. The zero-order valence-electron chi connectivity index (χ0n) is 6.48. The summed E-state index contributed by atoms with van der Waals surface area (Å²) in [5.74, 6) is -0.162. The Labute approximate surface area is 84.3 Å². The van der Waals surface area contributed by atoms with E-state index in [2.05, 4.69) is 0 Å². The van der Waals surface area contributed by atoms with Crippen LogP contribution >= 0.6 is 22.6 Å². The van der Waals surface area contributed by atoms with Crippen molar-refractivity contribution in [1.82, 2.24) is 0 Å². The third-order valence-electron chi connectivity index (χ3n) is 2.28. The van der Waals surface area contributed by atoms with Crippen LogP contribution in [0.2, 0.25) is 0 Å². The second-order valence-electron chi connectivity index (χ2n) is 3.29. The van der Waals surface area contributed by atoms with Gasteiger partial charge in [-0.1, -0.05) is 6.07 Å². The Balaban J connectivity index is 2.41. The maximum Gasteiger partial charge on any atom is 0.136 e. The predicted octanol–water partition coefficient (Wildman–Crippen LogP) is 2.38. The number of benzene rings is 1. The molecule has 2 rings (SSSR count). The molecule has 1 aromatic carbocycles. The van der Waals surface area contributed by atoms with Gasteiger partial charge in [-0.3, -0.25) is 0 Å². The van der Waals surface area contributed by atoms with Gasteiger partial charge in [-0.05, 0) is 53.1 Å². The average molecular weight is 277 g/mol. The van der Waals surface area contributed by atoms with Crippen molar-refractivity contribution >= 4 is 22.6 Å². The summed E-state index contributed by atoms with van der Waals surface area (Å²) in [7, 11) is 0. The fraction of sp³-hybridized carbons (Fsp3) is 0.333. The third-order valence-corrected chi connectivity index (χ3v) is 3.16. The van der Waals surface area contributed by atoms with Gasteiger partial charge in [0, 0.05) is 9.11 Å². The van der Waals surface area contributed by atoms with Crippen molar-refractivity contribution in [2.24, 2.45) is 5.73 Å². The van der Waals surface area contributed by atoms with Crippen LogP contribution in [0.5, 0.6) is 0 Å². The first-order valence-corrected chi connectivity index (χ1v) is 4.94. The lowest BCUT2D eigenvalue weighted by Crippen LogP contribution is -2.18. The van der Waals surface area contributed by atoms with E-state index in [1.807, 2.05) is 28.7 Å². The molecule has 0 radical (unpaired) electrons. The van der Waals surface area contributed by atoms with Crippen LogP contribution in [-0.2, 0) is 5.54 Å². The third kappa shape index (κ3) is 1.35. The minimum Gasteiger partial charge on any atom is -0.321 e. The van der Waals surface area contributed by atoms with Crippen LogP contribution < -0.4 is 5.73 Å². The minimum absolute atomic E-state index is 0.162. The van der Waals surface area contributed by atoms with Gasteiger partial charge < -0.3 is 5.73 Å². The topological polar surface area (TPSA) is 26.0 Å². The fourth-order valence-electron chi connectivity index (χ4n) is 1.23. The van der Waals surface area contributed by atoms with Crippen molar-refractivity contribution in [2.45, 2.75) is 18.4 Å². The van der Waals surface area contributed by atoms with Gasteiger partial charge in [0.25, 0.3) is 0 Å². The number of rotatable bonds is 1. The van der Waals surface area contributed by atoms with Gasteiger partial charge in [-0.15, -0.1) is 0 Å². The Hall–Kier alpha value is -0.160. The molecule has 0 aromatic heterocycles. The molecule has 0 heterocycles. The van der Waals surface area contributed by atoms with Crippen LogP contribution in [0.1, 0.15) is 18.4 Å². The molecule has 0 bridgehead atoms. The zero-order chi connectivity index (χ0) is 8.77. The molecule has 1 aliphatic carbocycles. The van der Waals surface area contributed by atoms with Crippen LogP contribution in [-0.4, -0.2) is 0 Å². The molecular formula is C9H9FIN. The highest BCUT2D eigenvalue weighted by atomic mass is 127. The molecule has 12 heavy (non-hydrogen) atoms. The summed E-state index contributed by atoms with van der Waals surface area (Å²) in [6.45, 7) is 0. The molecule has 64 valence electrons. The van der Waals surface area contributed by atoms with Gasteiger partial charge in [0.1, 0.15) is 5.82 Å². The molecule has 1 aliphatic rings. The predicted molar refractivity (Wildman–Crippen MR) is 54.2 cm³/mol. The van der Waals surface area contributed by atoms with E-state index in [1.54, 1.807) is 12.1 Å². The van der Waals surface area contributed by atoms with Gasteiger partial charge in [0.15, 0.2) is 0 Å². The molecule has 0 atom stereocenters. The van der Waals surface area contributed by atoms with E-state index in [9.17, 15) is 4.39 Å². The fourth-order valence-corrected chi connectivity index (χ4v) is 1.56. The van der Waals surface area contributed by atoms with E-state index in [0.29, 0.717) is 3.57 Å². The molecule has 1 saturated carbocycles. The summed E-state index contributed by atoms with van der Waals surface area (Å²) in [6, 6.07) is 5.24. The molecule has 0 amide bonds. The van der Waals surface area contributed by atoms with E-state index >= 15 is 0 Å². The molecule has 0 spiro atoms. The van der Waals surface area contributed by atoms with Crippen LogP contribution in [0.4, 0.5) is 4.39 Å². The lowest BCUT2D eigenvalue weighted by atomic mass is 10.1. The first kappa shape index (κ1) is 8.44. The van der Waals surface area contributed by atoms with Crippen molar-refractivity contribution in [2.75, 3.05) is 0 Å². The second kappa shape index (κ2) is 2.67. The van der Waals surface area contributed by atoms with E-state index in [-0.39, 0.29) is 11.4 Å². The van der Waals surface area contributed by atoms with Gasteiger partial charge >= 0.3 is 0 Å². The minimum atomic E-state index is -0.217. The zero-order valence-corrected chi connectivity index (χ0v) is 8.64. The number of hydrogen-bond acceptors (Lipinski definition) is 1. The smallest absolute Gasteiger partial charge is 0.136 e. The molecule has 0 aliphatic heterocycles. The molecule has 0 saturated heterocycles. The highest BCUT2D eigenvalue weighted by Gasteiger charge is 2.40. The molecule has 3 heteroatoms. The van der Waals surface area contributed by atoms with Crippen molar-refractivity contribution < 1.29 is 4.39 Å². The number of halogens is 2. The van der Waals surface area contributed by atoms with Crippen molar-refractivity contribution in [1.29, 1.82) is 0 Å². The van der Waals surface area contributed by atoms with Gasteiger partial charge in [0.05, 0.1) is 0 Å². The van der Waals surface area contributed by atoms with Crippen LogP contribution in [0.15, 0.2) is 18.2 Å². The Morgan fingerprint density at radius 2 is 2.08 bits per heavy atom. The summed E-state index contributed by atoms with van der Waals surface area (Å²) < 4.78 is 13.7. The normalized spacial score (nSPS) is 19.2. The van der Waals surface area contributed by atoms with E-state index in [0.717, 1.165) is 18.4 Å². The summed E-state index contributed by atoms with van der Waals surface area (Å²) >= 11 is 1.97. The molecule has 0 unspecified atom stereocenters. The molecule has 1 fully saturated rings. The lowest BCUT2D eigenvalue weighted by Gasteiger charge is -2.08. The summed E-state index contributed by atoms with van der Waals surface area (Å²) in [5.41, 5.74) is 6.63. The highest BCUT2D eigenvalue weighted by Crippen LogP contribution is 2.42. The molecular weight excluding hydrogens is 268 g/mol. The van der Waals surface area contributed by atoms with Crippen molar-refractivity contribution in [3.63, 3.8) is 0 Å². The van der Waals surface area contributed by atoms with Crippen LogP contribution in [0.3, 0.4) is 0 Å². The molecule has 2 N–H and O–H groups in total. The Kier molecular flexibility index (Phi) is 1.88. The Morgan fingerprint density at radius 1 is 1.42 bits per heavy atom.